The number of carbonyl (C=O) groups is 1. The van der Waals surface area contributed by atoms with Gasteiger partial charge in [-0.05, 0) is 19.4 Å². The smallest absolute Gasteiger partial charge is 0.240 e. The average molecular weight is 313 g/mol. The molecule has 2 unspecified atom stereocenters. The number of ether oxygens (including phenoxy) is 1. The van der Waals surface area contributed by atoms with Crippen molar-refractivity contribution in [2.45, 2.75) is 44.9 Å². The van der Waals surface area contributed by atoms with Gasteiger partial charge in [-0.2, -0.15) is 0 Å². The van der Waals surface area contributed by atoms with Crippen molar-refractivity contribution < 1.29 is 9.53 Å². The van der Waals surface area contributed by atoms with E-state index in [4.69, 9.17) is 4.74 Å². The van der Waals surface area contributed by atoms with Crippen molar-refractivity contribution >= 4 is 18.3 Å². The lowest BCUT2D eigenvalue weighted by molar-refractivity contribution is -0.129. The Morgan fingerprint density at radius 2 is 2.00 bits per heavy atom. The molecule has 1 aromatic carbocycles. The molecule has 5 heteroatoms. The van der Waals surface area contributed by atoms with Gasteiger partial charge in [0.2, 0.25) is 5.91 Å². The number of amides is 1. The fourth-order valence-corrected chi connectivity index (χ4v) is 2.51. The molecule has 2 rings (SSSR count). The van der Waals surface area contributed by atoms with E-state index in [1.807, 2.05) is 32.0 Å². The minimum absolute atomic E-state index is 0. The molecule has 1 aliphatic rings. The molecule has 4 atom stereocenters. The molecule has 2 N–H and O–H groups in total. The summed E-state index contributed by atoms with van der Waals surface area (Å²) in [5.74, 6) is 0.299. The lowest BCUT2D eigenvalue weighted by Gasteiger charge is -2.31. The minimum Gasteiger partial charge on any atom is -0.375 e. The molecule has 1 heterocycles. The Morgan fingerprint density at radius 3 is 2.62 bits per heavy atom. The highest BCUT2D eigenvalue weighted by atomic mass is 35.5. The molecule has 1 aromatic rings. The maximum atomic E-state index is 12.3. The summed E-state index contributed by atoms with van der Waals surface area (Å²) in [5.41, 5.74) is 1.24. The van der Waals surface area contributed by atoms with Crippen LogP contribution in [0.1, 0.15) is 32.3 Å². The highest BCUT2D eigenvalue weighted by Crippen LogP contribution is 2.18. The molecule has 0 aliphatic carbocycles. The standard InChI is InChI=1S/C16H24N2O2.ClH/c1-11(14-7-5-4-6-8-14)12(2)18-16(19)15-13(3)20-10-9-17-15;/h4-8,11-13,15,17H,9-10H2,1-3H3,(H,18,19);1H/t11?,12?,13-,15+;/m1./s1. The van der Waals surface area contributed by atoms with Gasteiger partial charge in [-0.15, -0.1) is 12.4 Å². The number of carbonyl (C=O) groups excluding carboxylic acids is 1. The van der Waals surface area contributed by atoms with Gasteiger partial charge in [0, 0.05) is 18.5 Å². The van der Waals surface area contributed by atoms with Crippen molar-refractivity contribution in [3.8, 4) is 0 Å². The molecular weight excluding hydrogens is 288 g/mol. The maximum absolute atomic E-state index is 12.3. The summed E-state index contributed by atoms with van der Waals surface area (Å²) in [6.07, 6.45) is -0.0806. The van der Waals surface area contributed by atoms with E-state index in [0.717, 1.165) is 6.54 Å². The number of rotatable bonds is 4. The number of halogens is 1. The van der Waals surface area contributed by atoms with E-state index in [-0.39, 0.29) is 42.4 Å². The van der Waals surface area contributed by atoms with E-state index in [0.29, 0.717) is 6.61 Å². The second-order valence-electron chi connectivity index (χ2n) is 5.50. The largest absolute Gasteiger partial charge is 0.375 e. The Labute approximate surface area is 133 Å². The van der Waals surface area contributed by atoms with Crippen LogP contribution in [0.4, 0.5) is 0 Å². The first kappa shape index (κ1) is 18.0. The van der Waals surface area contributed by atoms with Gasteiger partial charge in [0.15, 0.2) is 0 Å². The summed E-state index contributed by atoms with van der Waals surface area (Å²) in [6, 6.07) is 10.1. The van der Waals surface area contributed by atoms with Gasteiger partial charge in [0.25, 0.3) is 0 Å². The van der Waals surface area contributed by atoms with Crippen molar-refractivity contribution in [2.75, 3.05) is 13.2 Å². The van der Waals surface area contributed by atoms with Crippen LogP contribution in [-0.2, 0) is 9.53 Å². The zero-order valence-corrected chi connectivity index (χ0v) is 13.7. The highest BCUT2D eigenvalue weighted by Gasteiger charge is 2.29. The predicted octanol–water partition coefficient (Wildman–Crippen LogP) is 2.09. The van der Waals surface area contributed by atoms with Crippen LogP contribution in [0, 0.1) is 0 Å². The van der Waals surface area contributed by atoms with Crippen molar-refractivity contribution in [3.05, 3.63) is 35.9 Å². The molecule has 1 fully saturated rings. The molecule has 0 radical (unpaired) electrons. The minimum atomic E-state index is -0.255. The Bertz CT molecular complexity index is 441. The van der Waals surface area contributed by atoms with Gasteiger partial charge in [0.05, 0.1) is 12.7 Å². The summed E-state index contributed by atoms with van der Waals surface area (Å²) in [7, 11) is 0. The molecule has 1 amide bonds. The van der Waals surface area contributed by atoms with Crippen LogP contribution in [0.25, 0.3) is 0 Å². The Kier molecular flexibility index (Phi) is 7.15. The lowest BCUT2D eigenvalue weighted by atomic mass is 9.94. The molecule has 1 aliphatic heterocycles. The van der Waals surface area contributed by atoms with E-state index in [9.17, 15) is 4.79 Å². The predicted molar refractivity (Wildman–Crippen MR) is 86.9 cm³/mol. The summed E-state index contributed by atoms with van der Waals surface area (Å²) in [5, 5.41) is 6.31. The monoisotopic (exact) mass is 312 g/mol. The summed E-state index contributed by atoms with van der Waals surface area (Å²) in [4.78, 5) is 12.3. The quantitative estimate of drug-likeness (QED) is 0.895. The van der Waals surface area contributed by atoms with Crippen molar-refractivity contribution in [3.63, 3.8) is 0 Å². The molecule has 0 bridgehead atoms. The number of morpholine rings is 1. The normalized spacial score (nSPS) is 24.5. The van der Waals surface area contributed by atoms with E-state index in [2.05, 4.69) is 29.7 Å². The third-order valence-electron chi connectivity index (χ3n) is 4.04. The third-order valence-corrected chi connectivity index (χ3v) is 4.04. The zero-order valence-electron chi connectivity index (χ0n) is 12.8. The van der Waals surface area contributed by atoms with Crippen molar-refractivity contribution in [1.82, 2.24) is 10.6 Å². The molecule has 118 valence electrons. The molecule has 0 aromatic heterocycles. The molecule has 0 spiro atoms. The van der Waals surface area contributed by atoms with Crippen LogP contribution in [0.15, 0.2) is 30.3 Å². The fourth-order valence-electron chi connectivity index (χ4n) is 2.51. The summed E-state index contributed by atoms with van der Waals surface area (Å²) in [6.45, 7) is 7.51. The van der Waals surface area contributed by atoms with E-state index in [1.54, 1.807) is 0 Å². The van der Waals surface area contributed by atoms with Gasteiger partial charge in [-0.3, -0.25) is 4.79 Å². The first-order valence-corrected chi connectivity index (χ1v) is 7.30. The van der Waals surface area contributed by atoms with E-state index >= 15 is 0 Å². The number of hydrogen-bond donors (Lipinski definition) is 2. The highest BCUT2D eigenvalue weighted by molar-refractivity contribution is 5.85. The molecule has 0 saturated carbocycles. The molecule has 21 heavy (non-hydrogen) atoms. The molecular formula is C16H25ClN2O2. The summed E-state index contributed by atoms with van der Waals surface area (Å²) < 4.78 is 5.51. The van der Waals surface area contributed by atoms with Crippen LogP contribution in [0.3, 0.4) is 0 Å². The van der Waals surface area contributed by atoms with E-state index in [1.165, 1.54) is 5.56 Å². The van der Waals surface area contributed by atoms with Gasteiger partial charge in [-0.25, -0.2) is 0 Å². The maximum Gasteiger partial charge on any atom is 0.240 e. The third kappa shape index (κ3) is 4.70. The number of hydrogen-bond acceptors (Lipinski definition) is 3. The first-order chi connectivity index (χ1) is 9.59. The zero-order chi connectivity index (χ0) is 14.5. The van der Waals surface area contributed by atoms with Crippen LogP contribution in [0.2, 0.25) is 0 Å². The van der Waals surface area contributed by atoms with Crippen LogP contribution in [-0.4, -0.2) is 37.2 Å². The van der Waals surface area contributed by atoms with E-state index < -0.39 is 0 Å². The summed E-state index contributed by atoms with van der Waals surface area (Å²) >= 11 is 0. The van der Waals surface area contributed by atoms with Crippen molar-refractivity contribution in [1.29, 1.82) is 0 Å². The number of benzene rings is 1. The Morgan fingerprint density at radius 1 is 1.33 bits per heavy atom. The molecule has 4 nitrogen and oxygen atoms in total. The lowest BCUT2D eigenvalue weighted by Crippen LogP contribution is -2.57. The average Bonchev–Trinajstić information content (AvgIpc) is 2.47. The SMILES string of the molecule is CC(NC(=O)[C@H]1NCCO[C@@H]1C)C(C)c1ccccc1.Cl. The topological polar surface area (TPSA) is 50.4 Å². The Balaban J connectivity index is 0.00000220. The second kappa shape index (κ2) is 8.37. The first-order valence-electron chi connectivity index (χ1n) is 7.30. The van der Waals surface area contributed by atoms with Gasteiger partial charge in [0.1, 0.15) is 6.04 Å². The van der Waals surface area contributed by atoms with Crippen LogP contribution in [0.5, 0.6) is 0 Å². The van der Waals surface area contributed by atoms with Crippen molar-refractivity contribution in [2.24, 2.45) is 0 Å². The molecule has 1 saturated heterocycles. The fraction of sp³-hybridized carbons (Fsp3) is 0.562. The number of nitrogens with one attached hydrogen (secondary N) is 2. The second-order valence-corrected chi connectivity index (χ2v) is 5.50. The van der Waals surface area contributed by atoms with Gasteiger partial charge in [-0.1, -0.05) is 37.3 Å². The van der Waals surface area contributed by atoms with Gasteiger partial charge >= 0.3 is 0 Å². The van der Waals surface area contributed by atoms with Crippen LogP contribution < -0.4 is 10.6 Å². The van der Waals surface area contributed by atoms with Gasteiger partial charge < -0.3 is 15.4 Å². The Hall–Kier alpha value is -1.10. The van der Waals surface area contributed by atoms with Crippen LogP contribution >= 0.6 is 12.4 Å².